The smallest absolute Gasteiger partial charge is 0.0705 e. The molecule has 0 saturated heterocycles. The lowest BCUT2D eigenvalue weighted by molar-refractivity contribution is 0.209. The minimum absolute atomic E-state index is 0.496. The fourth-order valence-corrected chi connectivity index (χ4v) is 3.76. The van der Waals surface area contributed by atoms with Crippen LogP contribution in [0.25, 0.3) is 10.9 Å². The van der Waals surface area contributed by atoms with Crippen LogP contribution in [0, 0.1) is 6.92 Å². The number of rotatable bonds is 9. The Kier molecular flexibility index (Phi) is 6.97. The van der Waals surface area contributed by atoms with Gasteiger partial charge in [0.2, 0.25) is 0 Å². The van der Waals surface area contributed by atoms with Gasteiger partial charge in [-0.1, -0.05) is 62.4 Å². The van der Waals surface area contributed by atoms with Crippen molar-refractivity contribution in [2.75, 3.05) is 19.6 Å². The van der Waals surface area contributed by atoms with Crippen molar-refractivity contribution in [3.8, 4) is 0 Å². The second kappa shape index (κ2) is 9.63. The first-order valence-electron chi connectivity index (χ1n) is 10.0. The Morgan fingerprint density at radius 2 is 1.67 bits per heavy atom. The molecular weight excluding hydrogens is 330 g/mol. The topological polar surface area (TPSA) is 28.2 Å². The molecule has 0 saturated carbocycles. The summed E-state index contributed by atoms with van der Waals surface area (Å²) in [5.41, 5.74) is 4.87. The second-order valence-corrected chi connectivity index (χ2v) is 7.12. The lowest BCUT2D eigenvalue weighted by atomic mass is 10.0. The molecule has 1 unspecified atom stereocenters. The third kappa shape index (κ3) is 5.15. The van der Waals surface area contributed by atoms with E-state index in [0.29, 0.717) is 6.04 Å². The first-order chi connectivity index (χ1) is 13.2. The van der Waals surface area contributed by atoms with Crippen molar-refractivity contribution in [1.82, 2.24) is 15.2 Å². The third-order valence-corrected chi connectivity index (χ3v) is 5.36. The van der Waals surface area contributed by atoms with Crippen molar-refractivity contribution in [2.45, 2.75) is 39.8 Å². The molecule has 3 rings (SSSR count). The highest BCUT2D eigenvalue weighted by atomic mass is 15.2. The summed E-state index contributed by atoms with van der Waals surface area (Å²) in [5, 5.41) is 4.91. The van der Waals surface area contributed by atoms with Crippen LogP contribution >= 0.6 is 0 Å². The average Bonchev–Trinajstić information content (AvgIpc) is 2.70. The Bertz CT molecular complexity index is 841. The largest absolute Gasteiger partial charge is 0.311 e. The molecule has 0 radical (unpaired) electrons. The maximum atomic E-state index is 4.76. The van der Waals surface area contributed by atoms with Gasteiger partial charge in [0.05, 0.1) is 5.52 Å². The maximum absolute atomic E-state index is 4.76. The van der Waals surface area contributed by atoms with Gasteiger partial charge in [-0.15, -0.1) is 0 Å². The summed E-state index contributed by atoms with van der Waals surface area (Å²) in [4.78, 5) is 7.31. The van der Waals surface area contributed by atoms with Crippen LogP contribution in [-0.4, -0.2) is 35.6 Å². The molecule has 2 aromatic carbocycles. The Hall–Kier alpha value is -2.23. The molecule has 3 aromatic rings. The normalized spacial score (nSPS) is 12.6. The predicted molar refractivity (Wildman–Crippen MR) is 115 cm³/mol. The van der Waals surface area contributed by atoms with E-state index in [1.807, 2.05) is 6.07 Å². The van der Waals surface area contributed by atoms with Crippen LogP contribution in [0.1, 0.15) is 30.7 Å². The van der Waals surface area contributed by atoms with Gasteiger partial charge in [0, 0.05) is 30.2 Å². The summed E-state index contributed by atoms with van der Waals surface area (Å²) in [6.07, 6.45) is 1.07. The van der Waals surface area contributed by atoms with Gasteiger partial charge < -0.3 is 5.32 Å². The number of hydrogen-bond acceptors (Lipinski definition) is 3. The SMILES string of the molecule is CCN(CC)C(CNCc1cc2ccccc2nc1C)Cc1ccccc1. The van der Waals surface area contributed by atoms with Crippen molar-refractivity contribution < 1.29 is 0 Å². The first-order valence-corrected chi connectivity index (χ1v) is 10.0. The van der Waals surface area contributed by atoms with Gasteiger partial charge in [-0.3, -0.25) is 9.88 Å². The minimum Gasteiger partial charge on any atom is -0.311 e. The number of fused-ring (bicyclic) bond motifs is 1. The van der Waals surface area contributed by atoms with Gasteiger partial charge in [-0.25, -0.2) is 0 Å². The number of aryl methyl sites for hydroxylation is 1. The molecule has 0 aliphatic carbocycles. The molecule has 0 aliphatic heterocycles. The van der Waals surface area contributed by atoms with Crippen molar-refractivity contribution in [1.29, 1.82) is 0 Å². The number of pyridine rings is 1. The van der Waals surface area contributed by atoms with Gasteiger partial charge in [0.1, 0.15) is 0 Å². The molecule has 1 aromatic heterocycles. The van der Waals surface area contributed by atoms with Crippen LogP contribution in [-0.2, 0) is 13.0 Å². The third-order valence-electron chi connectivity index (χ3n) is 5.36. The van der Waals surface area contributed by atoms with Crippen LogP contribution in [0.2, 0.25) is 0 Å². The minimum atomic E-state index is 0.496. The summed E-state index contributed by atoms with van der Waals surface area (Å²) < 4.78 is 0. The molecule has 0 amide bonds. The summed E-state index contributed by atoms with van der Waals surface area (Å²) >= 11 is 0. The van der Waals surface area contributed by atoms with E-state index in [4.69, 9.17) is 4.98 Å². The number of para-hydroxylation sites is 1. The zero-order chi connectivity index (χ0) is 19.1. The first kappa shape index (κ1) is 19.5. The van der Waals surface area contributed by atoms with E-state index < -0.39 is 0 Å². The number of hydrogen-bond donors (Lipinski definition) is 1. The standard InChI is InChI=1S/C24H31N3/c1-4-27(5-2)23(15-20-11-7-6-8-12-20)18-25-17-22-16-21-13-9-10-14-24(21)26-19(22)3/h6-14,16,23,25H,4-5,15,17-18H2,1-3H3. The Morgan fingerprint density at radius 1 is 0.963 bits per heavy atom. The van der Waals surface area contributed by atoms with Gasteiger partial charge >= 0.3 is 0 Å². The zero-order valence-electron chi connectivity index (χ0n) is 16.8. The highest BCUT2D eigenvalue weighted by Gasteiger charge is 2.16. The van der Waals surface area contributed by atoms with E-state index in [9.17, 15) is 0 Å². The Balaban J connectivity index is 1.67. The van der Waals surface area contributed by atoms with Gasteiger partial charge in [0.15, 0.2) is 0 Å². The van der Waals surface area contributed by atoms with Crippen LogP contribution < -0.4 is 5.32 Å². The maximum Gasteiger partial charge on any atom is 0.0705 e. The van der Waals surface area contributed by atoms with E-state index in [1.165, 1.54) is 16.5 Å². The Morgan fingerprint density at radius 3 is 2.41 bits per heavy atom. The number of aromatic nitrogens is 1. The van der Waals surface area contributed by atoms with Gasteiger partial charge in [-0.2, -0.15) is 0 Å². The van der Waals surface area contributed by atoms with E-state index in [2.05, 4.69) is 85.6 Å². The number of nitrogens with zero attached hydrogens (tertiary/aromatic N) is 2. The van der Waals surface area contributed by atoms with E-state index in [-0.39, 0.29) is 0 Å². The van der Waals surface area contributed by atoms with Crippen molar-refractivity contribution in [3.05, 3.63) is 77.5 Å². The fraction of sp³-hybridized carbons (Fsp3) is 0.375. The lowest BCUT2D eigenvalue weighted by Gasteiger charge is -2.30. The van der Waals surface area contributed by atoms with Gasteiger partial charge in [0.25, 0.3) is 0 Å². The number of benzene rings is 2. The fourth-order valence-electron chi connectivity index (χ4n) is 3.76. The number of nitrogens with one attached hydrogen (secondary N) is 1. The summed E-state index contributed by atoms with van der Waals surface area (Å²) in [6.45, 7) is 10.6. The van der Waals surface area contributed by atoms with Crippen molar-refractivity contribution in [2.24, 2.45) is 0 Å². The molecule has 3 nitrogen and oxygen atoms in total. The highest BCUT2D eigenvalue weighted by Crippen LogP contribution is 2.16. The average molecular weight is 362 g/mol. The predicted octanol–water partition coefficient (Wildman–Crippen LogP) is 4.59. The molecule has 1 atom stereocenters. The Labute approximate surface area is 163 Å². The molecule has 0 bridgehead atoms. The summed E-state index contributed by atoms with van der Waals surface area (Å²) in [5.74, 6) is 0. The van der Waals surface area contributed by atoms with E-state index >= 15 is 0 Å². The molecule has 0 spiro atoms. The van der Waals surface area contributed by atoms with Crippen molar-refractivity contribution >= 4 is 10.9 Å². The van der Waals surface area contributed by atoms with E-state index in [0.717, 1.165) is 43.8 Å². The van der Waals surface area contributed by atoms with Gasteiger partial charge in [-0.05, 0) is 49.7 Å². The molecule has 27 heavy (non-hydrogen) atoms. The summed E-state index contributed by atoms with van der Waals surface area (Å²) in [6, 6.07) is 21.9. The molecular formula is C24H31N3. The van der Waals surface area contributed by atoms with Crippen LogP contribution in [0.15, 0.2) is 60.7 Å². The molecule has 1 heterocycles. The monoisotopic (exact) mass is 361 g/mol. The van der Waals surface area contributed by atoms with Crippen molar-refractivity contribution in [3.63, 3.8) is 0 Å². The molecule has 0 aliphatic rings. The van der Waals surface area contributed by atoms with Crippen LogP contribution in [0.5, 0.6) is 0 Å². The quantitative estimate of drug-likeness (QED) is 0.604. The second-order valence-electron chi connectivity index (χ2n) is 7.12. The van der Waals surface area contributed by atoms with E-state index in [1.54, 1.807) is 0 Å². The summed E-state index contributed by atoms with van der Waals surface area (Å²) in [7, 11) is 0. The lowest BCUT2D eigenvalue weighted by Crippen LogP contribution is -2.43. The molecule has 3 heteroatoms. The molecule has 142 valence electrons. The highest BCUT2D eigenvalue weighted by molar-refractivity contribution is 5.79. The molecule has 1 N–H and O–H groups in total. The van der Waals surface area contributed by atoms with Crippen LogP contribution in [0.4, 0.5) is 0 Å². The molecule has 0 fully saturated rings. The number of likely N-dealkylation sites (N-methyl/N-ethyl adjacent to an activating group) is 1. The van der Waals surface area contributed by atoms with Crippen LogP contribution in [0.3, 0.4) is 0 Å². The zero-order valence-corrected chi connectivity index (χ0v) is 16.8.